The maximum atomic E-state index is 11.5. The number of thioether (sulfide) groups is 1. The van der Waals surface area contributed by atoms with Crippen molar-refractivity contribution < 1.29 is 10.2 Å². The molecule has 0 aliphatic carbocycles. The molecule has 4 N–H and O–H groups in total. The van der Waals surface area contributed by atoms with Crippen LogP contribution >= 0.6 is 11.8 Å². The molecule has 0 spiro atoms. The van der Waals surface area contributed by atoms with Crippen LogP contribution in [0.5, 0.6) is 0 Å². The summed E-state index contributed by atoms with van der Waals surface area (Å²) in [5, 5.41) is 18.0. The molecule has 1 aromatic heterocycles. The molecule has 1 aliphatic heterocycles. The van der Waals surface area contributed by atoms with Gasteiger partial charge in [0.05, 0.1) is 12.0 Å². The molecular formula is C9H13N3O3S. The quantitative estimate of drug-likeness (QED) is 0.632. The number of nitrogens with two attached hydrogens (primary N) is 1. The molecule has 0 amide bonds. The molecule has 7 heteroatoms. The molecule has 1 saturated heterocycles. The summed E-state index contributed by atoms with van der Waals surface area (Å²) < 4.78 is 1.44. The van der Waals surface area contributed by atoms with E-state index >= 15 is 0 Å². The summed E-state index contributed by atoms with van der Waals surface area (Å²) in [5.41, 5.74) is 4.96. The van der Waals surface area contributed by atoms with Gasteiger partial charge in [0, 0.05) is 24.0 Å². The monoisotopic (exact) mass is 243 g/mol. The Balaban J connectivity index is 2.23. The lowest BCUT2D eigenvalue weighted by Gasteiger charge is -2.42. The smallest absolute Gasteiger partial charge is 0.350 e. The fourth-order valence-electron chi connectivity index (χ4n) is 1.75. The normalized spacial score (nSPS) is 28.8. The number of aromatic nitrogens is 2. The maximum absolute atomic E-state index is 11.5. The third-order valence-corrected chi connectivity index (χ3v) is 4.38. The molecule has 1 aromatic rings. The number of aliphatic hydroxyl groups excluding tert-OH is 2. The van der Waals surface area contributed by atoms with Crippen LogP contribution in [0.15, 0.2) is 17.1 Å². The number of nitrogen functional groups attached to an aromatic ring is 1. The zero-order valence-electron chi connectivity index (χ0n) is 8.48. The summed E-state index contributed by atoms with van der Waals surface area (Å²) in [5.74, 6) is 0.0722. The van der Waals surface area contributed by atoms with Gasteiger partial charge in [0.25, 0.3) is 0 Å². The summed E-state index contributed by atoms with van der Waals surface area (Å²) >= 11 is 1.45. The van der Waals surface area contributed by atoms with E-state index in [1.165, 1.54) is 16.3 Å². The molecule has 2 heterocycles. The van der Waals surface area contributed by atoms with Gasteiger partial charge in [-0.3, -0.25) is 4.57 Å². The van der Waals surface area contributed by atoms with Crippen molar-refractivity contribution in [3.05, 3.63) is 22.7 Å². The lowest BCUT2D eigenvalue weighted by atomic mass is 10.0. The summed E-state index contributed by atoms with van der Waals surface area (Å²) in [6.45, 7) is -0.0523. The van der Waals surface area contributed by atoms with E-state index < -0.39 is 5.69 Å². The first-order valence-electron chi connectivity index (χ1n) is 4.89. The lowest BCUT2D eigenvalue weighted by Crippen LogP contribution is -2.45. The average Bonchev–Trinajstić information content (AvgIpc) is 2.21. The highest BCUT2D eigenvalue weighted by molar-refractivity contribution is 8.01. The Morgan fingerprint density at radius 1 is 1.50 bits per heavy atom. The van der Waals surface area contributed by atoms with Crippen LogP contribution in [0, 0.1) is 5.92 Å². The standard InChI is InChI=1S/C9H13N3O3S/c10-7-1-2-12(9(15)11-7)8-5(3-13)6(4-14)16-8/h1-2,5-6,8,13-14H,3-4H2,(H2,10,11,15)/t5-,6-,8-/m0/s1. The molecule has 0 unspecified atom stereocenters. The molecule has 88 valence electrons. The highest BCUT2D eigenvalue weighted by Gasteiger charge is 2.42. The van der Waals surface area contributed by atoms with Gasteiger partial charge in [0.1, 0.15) is 5.82 Å². The SMILES string of the molecule is Nc1ccn([C@H]2S[C@@H](CO)[C@@H]2CO)c(=O)n1. The van der Waals surface area contributed by atoms with Gasteiger partial charge in [-0.25, -0.2) is 4.79 Å². The highest BCUT2D eigenvalue weighted by atomic mass is 32.2. The largest absolute Gasteiger partial charge is 0.396 e. The Hall–Kier alpha value is -1.05. The van der Waals surface area contributed by atoms with Gasteiger partial charge in [-0.15, -0.1) is 11.8 Å². The Labute approximate surface area is 96.1 Å². The fraction of sp³-hybridized carbons (Fsp3) is 0.556. The van der Waals surface area contributed by atoms with Crippen molar-refractivity contribution in [3.63, 3.8) is 0 Å². The first kappa shape index (κ1) is 11.4. The molecule has 0 saturated carbocycles. The number of rotatable bonds is 3. The lowest BCUT2D eigenvalue weighted by molar-refractivity contribution is 0.155. The molecule has 0 aromatic carbocycles. The van der Waals surface area contributed by atoms with Crippen LogP contribution in [-0.4, -0.2) is 38.2 Å². The van der Waals surface area contributed by atoms with Crippen LogP contribution in [0.2, 0.25) is 0 Å². The Morgan fingerprint density at radius 3 is 2.81 bits per heavy atom. The van der Waals surface area contributed by atoms with Crippen molar-refractivity contribution in [2.24, 2.45) is 5.92 Å². The third-order valence-electron chi connectivity index (χ3n) is 2.67. The second-order valence-electron chi connectivity index (χ2n) is 3.64. The fourth-order valence-corrected chi connectivity index (χ4v) is 3.13. The van der Waals surface area contributed by atoms with Crippen LogP contribution < -0.4 is 11.4 Å². The first-order chi connectivity index (χ1) is 7.67. The summed E-state index contributed by atoms with van der Waals surface area (Å²) in [6.07, 6.45) is 1.57. The summed E-state index contributed by atoms with van der Waals surface area (Å²) in [6, 6.07) is 1.54. The van der Waals surface area contributed by atoms with Crippen molar-refractivity contribution >= 4 is 17.6 Å². The molecular weight excluding hydrogens is 230 g/mol. The van der Waals surface area contributed by atoms with Gasteiger partial charge in [-0.05, 0) is 6.07 Å². The van der Waals surface area contributed by atoms with E-state index in [0.29, 0.717) is 0 Å². The molecule has 1 aliphatic rings. The van der Waals surface area contributed by atoms with Gasteiger partial charge in [0.15, 0.2) is 0 Å². The van der Waals surface area contributed by atoms with E-state index in [2.05, 4.69) is 4.98 Å². The minimum absolute atomic E-state index is 0.00352. The Morgan fingerprint density at radius 2 is 2.25 bits per heavy atom. The molecule has 1 fully saturated rings. The zero-order valence-corrected chi connectivity index (χ0v) is 9.30. The van der Waals surface area contributed by atoms with Gasteiger partial charge >= 0.3 is 5.69 Å². The van der Waals surface area contributed by atoms with E-state index in [0.717, 1.165) is 0 Å². The second kappa shape index (κ2) is 4.44. The summed E-state index contributed by atoms with van der Waals surface area (Å²) in [7, 11) is 0. The van der Waals surface area contributed by atoms with E-state index in [1.54, 1.807) is 12.3 Å². The number of anilines is 1. The van der Waals surface area contributed by atoms with E-state index in [1.807, 2.05) is 0 Å². The predicted molar refractivity (Wildman–Crippen MR) is 61.0 cm³/mol. The second-order valence-corrected chi connectivity index (χ2v) is 5.00. The topological polar surface area (TPSA) is 101 Å². The van der Waals surface area contributed by atoms with Crippen molar-refractivity contribution in [3.8, 4) is 0 Å². The molecule has 2 rings (SSSR count). The summed E-state index contributed by atoms with van der Waals surface area (Å²) in [4.78, 5) is 15.2. The predicted octanol–water partition coefficient (Wildman–Crippen LogP) is -0.960. The highest BCUT2D eigenvalue weighted by Crippen LogP contribution is 2.49. The van der Waals surface area contributed by atoms with Crippen molar-refractivity contribution in [2.75, 3.05) is 18.9 Å². The molecule has 16 heavy (non-hydrogen) atoms. The first-order valence-corrected chi connectivity index (χ1v) is 5.83. The van der Waals surface area contributed by atoms with Gasteiger partial charge in [0.2, 0.25) is 0 Å². The number of aliphatic hydroxyl groups is 2. The molecule has 6 nitrogen and oxygen atoms in total. The Kier molecular flexibility index (Phi) is 3.17. The van der Waals surface area contributed by atoms with Crippen LogP contribution in [0.4, 0.5) is 5.82 Å². The Bertz CT molecular complexity index is 436. The minimum atomic E-state index is -0.424. The number of hydrogen-bond acceptors (Lipinski definition) is 6. The molecule has 0 bridgehead atoms. The van der Waals surface area contributed by atoms with Crippen molar-refractivity contribution in [2.45, 2.75) is 10.6 Å². The van der Waals surface area contributed by atoms with E-state index in [9.17, 15) is 9.90 Å². The van der Waals surface area contributed by atoms with Crippen molar-refractivity contribution in [1.82, 2.24) is 9.55 Å². The van der Waals surface area contributed by atoms with E-state index in [4.69, 9.17) is 10.8 Å². The van der Waals surface area contributed by atoms with Crippen LogP contribution in [0.1, 0.15) is 5.37 Å². The van der Waals surface area contributed by atoms with Crippen molar-refractivity contribution in [1.29, 1.82) is 0 Å². The van der Waals surface area contributed by atoms with Crippen LogP contribution in [0.3, 0.4) is 0 Å². The van der Waals surface area contributed by atoms with Crippen LogP contribution in [0.25, 0.3) is 0 Å². The zero-order chi connectivity index (χ0) is 11.7. The average molecular weight is 243 g/mol. The molecule has 3 atom stereocenters. The maximum Gasteiger partial charge on any atom is 0.350 e. The van der Waals surface area contributed by atoms with Crippen LogP contribution in [-0.2, 0) is 0 Å². The van der Waals surface area contributed by atoms with Gasteiger partial charge < -0.3 is 15.9 Å². The van der Waals surface area contributed by atoms with E-state index in [-0.39, 0.29) is 35.6 Å². The van der Waals surface area contributed by atoms with Gasteiger partial charge in [-0.1, -0.05) is 0 Å². The molecule has 0 radical (unpaired) electrons. The minimum Gasteiger partial charge on any atom is -0.396 e. The number of nitrogens with zero attached hydrogens (tertiary/aromatic N) is 2. The number of hydrogen-bond donors (Lipinski definition) is 3. The van der Waals surface area contributed by atoms with Gasteiger partial charge in [-0.2, -0.15) is 4.98 Å². The third kappa shape index (κ3) is 1.81.